The summed E-state index contributed by atoms with van der Waals surface area (Å²) >= 11 is 6.29. The Morgan fingerprint density at radius 1 is 1.43 bits per heavy atom. The van der Waals surface area contributed by atoms with Gasteiger partial charge in [-0.15, -0.1) is 5.10 Å². The molecule has 1 aromatic carbocycles. The highest BCUT2D eigenvalue weighted by Gasteiger charge is 2.25. The third-order valence-corrected chi connectivity index (χ3v) is 3.76. The highest BCUT2D eigenvalue weighted by molar-refractivity contribution is 8.18. The first-order valence-corrected chi connectivity index (χ1v) is 7.15. The van der Waals surface area contributed by atoms with Gasteiger partial charge in [0.1, 0.15) is 10.8 Å². The van der Waals surface area contributed by atoms with Crippen molar-refractivity contribution < 1.29 is 23.1 Å². The summed E-state index contributed by atoms with van der Waals surface area (Å²) in [6.45, 7) is 0. The monoisotopic (exact) mass is 359 g/mol. The Bertz CT molecular complexity index is 765. The SMILES string of the molecule is COC(=O)/C=C1/S/C(=N\N=Cc2ccc(F)c(Cl)c2F)NC1=O. The van der Waals surface area contributed by atoms with Gasteiger partial charge in [0.25, 0.3) is 5.91 Å². The van der Waals surface area contributed by atoms with Crippen LogP contribution in [0.25, 0.3) is 0 Å². The number of ether oxygens (including phenoxy) is 1. The van der Waals surface area contributed by atoms with E-state index < -0.39 is 28.5 Å². The number of nitrogens with one attached hydrogen (secondary N) is 1. The predicted molar refractivity (Wildman–Crippen MR) is 82.2 cm³/mol. The number of benzene rings is 1. The molecule has 0 aromatic heterocycles. The molecule has 23 heavy (non-hydrogen) atoms. The van der Waals surface area contributed by atoms with Crippen molar-refractivity contribution in [2.75, 3.05) is 7.11 Å². The molecule has 1 heterocycles. The summed E-state index contributed by atoms with van der Waals surface area (Å²) in [6.07, 6.45) is 2.02. The Hall–Kier alpha value is -2.26. The van der Waals surface area contributed by atoms with Crippen molar-refractivity contribution in [1.29, 1.82) is 0 Å². The van der Waals surface area contributed by atoms with Gasteiger partial charge in [-0.1, -0.05) is 11.6 Å². The number of rotatable bonds is 3. The summed E-state index contributed by atoms with van der Waals surface area (Å²) in [5, 5.41) is 9.06. The first-order chi connectivity index (χ1) is 10.9. The molecule has 0 atom stereocenters. The third-order valence-electron chi connectivity index (χ3n) is 2.51. The molecule has 0 saturated carbocycles. The molecule has 1 N–H and O–H groups in total. The minimum Gasteiger partial charge on any atom is -0.466 e. The fourth-order valence-corrected chi connectivity index (χ4v) is 2.34. The number of hydrogen-bond acceptors (Lipinski definition) is 6. The van der Waals surface area contributed by atoms with E-state index in [0.717, 1.165) is 36.2 Å². The molecule has 1 aliphatic heterocycles. The van der Waals surface area contributed by atoms with Crippen molar-refractivity contribution in [3.05, 3.63) is 45.3 Å². The average Bonchev–Trinajstić information content (AvgIpc) is 2.87. The summed E-state index contributed by atoms with van der Waals surface area (Å²) in [4.78, 5) is 22.7. The van der Waals surface area contributed by atoms with E-state index >= 15 is 0 Å². The van der Waals surface area contributed by atoms with E-state index in [1.54, 1.807) is 0 Å². The van der Waals surface area contributed by atoms with Gasteiger partial charge in [-0.3, -0.25) is 10.1 Å². The van der Waals surface area contributed by atoms with Crippen molar-refractivity contribution in [3.8, 4) is 0 Å². The van der Waals surface area contributed by atoms with Gasteiger partial charge in [0.15, 0.2) is 11.0 Å². The Balaban J connectivity index is 2.13. The number of carbonyl (C=O) groups is 2. The molecule has 0 bridgehead atoms. The van der Waals surface area contributed by atoms with Gasteiger partial charge < -0.3 is 4.74 Å². The number of amides is 1. The van der Waals surface area contributed by atoms with Crippen molar-refractivity contribution in [2.24, 2.45) is 10.2 Å². The molecule has 10 heteroatoms. The van der Waals surface area contributed by atoms with Gasteiger partial charge in [-0.25, -0.2) is 13.6 Å². The van der Waals surface area contributed by atoms with Gasteiger partial charge in [-0.05, 0) is 23.9 Å². The molecular formula is C13H8ClF2N3O3S. The summed E-state index contributed by atoms with van der Waals surface area (Å²) in [7, 11) is 1.18. The molecule has 1 aliphatic rings. The second kappa shape index (κ2) is 7.34. The number of halogens is 3. The van der Waals surface area contributed by atoms with Gasteiger partial charge >= 0.3 is 5.97 Å². The summed E-state index contributed by atoms with van der Waals surface area (Å²) in [6, 6.07) is 2.13. The van der Waals surface area contributed by atoms with Crippen LogP contribution in [0, 0.1) is 11.6 Å². The number of carbonyl (C=O) groups excluding carboxylic acids is 2. The second-order valence-electron chi connectivity index (χ2n) is 4.00. The van der Waals surface area contributed by atoms with Crippen LogP contribution in [0.3, 0.4) is 0 Å². The number of hydrogen-bond donors (Lipinski definition) is 1. The maximum atomic E-state index is 13.6. The van der Waals surface area contributed by atoms with Crippen LogP contribution >= 0.6 is 23.4 Å². The van der Waals surface area contributed by atoms with Crippen LogP contribution in [0.1, 0.15) is 5.56 Å². The lowest BCUT2D eigenvalue weighted by Gasteiger charge is -1.99. The van der Waals surface area contributed by atoms with E-state index in [9.17, 15) is 18.4 Å². The Morgan fingerprint density at radius 2 is 2.17 bits per heavy atom. The molecular weight excluding hydrogens is 352 g/mol. The average molecular weight is 360 g/mol. The zero-order valence-electron chi connectivity index (χ0n) is 11.5. The first kappa shape index (κ1) is 17.1. The zero-order chi connectivity index (χ0) is 17.0. The molecule has 120 valence electrons. The normalized spacial score (nSPS) is 18.0. The van der Waals surface area contributed by atoms with Gasteiger partial charge in [0.05, 0.1) is 18.2 Å². The highest BCUT2D eigenvalue weighted by Crippen LogP contribution is 2.24. The lowest BCUT2D eigenvalue weighted by molar-refractivity contribution is -0.135. The maximum absolute atomic E-state index is 13.6. The van der Waals surface area contributed by atoms with Crippen LogP contribution in [-0.4, -0.2) is 30.4 Å². The van der Waals surface area contributed by atoms with Crippen molar-refractivity contribution >= 4 is 46.6 Å². The predicted octanol–water partition coefficient (Wildman–Crippen LogP) is 2.23. The standard InChI is InChI=1S/C13H8ClF2N3O3S/c1-22-9(20)4-8-12(21)18-13(23-8)19-17-5-6-2-3-7(15)10(14)11(6)16/h2-5H,1H3,(H,18,19,21)/b8-4+,17-5?. The van der Waals surface area contributed by atoms with E-state index in [1.165, 1.54) is 7.11 Å². The summed E-state index contributed by atoms with van der Waals surface area (Å²) < 4.78 is 31.0. The molecule has 1 saturated heterocycles. The van der Waals surface area contributed by atoms with Crippen molar-refractivity contribution in [2.45, 2.75) is 0 Å². The number of nitrogens with zero attached hydrogens (tertiary/aromatic N) is 2. The molecule has 0 radical (unpaired) electrons. The second-order valence-corrected chi connectivity index (χ2v) is 5.41. The number of esters is 1. The molecule has 1 aromatic rings. The lowest BCUT2D eigenvalue weighted by Crippen LogP contribution is -2.19. The minimum atomic E-state index is -0.968. The molecule has 0 unspecified atom stereocenters. The Labute approximate surface area is 138 Å². The molecule has 0 aliphatic carbocycles. The van der Waals surface area contributed by atoms with Crippen molar-refractivity contribution in [3.63, 3.8) is 0 Å². The van der Waals surface area contributed by atoms with Crippen LogP contribution < -0.4 is 5.32 Å². The lowest BCUT2D eigenvalue weighted by atomic mass is 10.2. The molecule has 0 spiro atoms. The van der Waals surface area contributed by atoms with E-state index in [-0.39, 0.29) is 15.6 Å². The van der Waals surface area contributed by atoms with Gasteiger partial charge in [0.2, 0.25) is 0 Å². The summed E-state index contributed by atoms with van der Waals surface area (Å²) in [5.41, 5.74) is -0.0691. The molecule has 1 amide bonds. The Kier molecular flexibility index (Phi) is 5.45. The molecule has 1 fully saturated rings. The largest absolute Gasteiger partial charge is 0.466 e. The van der Waals surface area contributed by atoms with Gasteiger partial charge in [-0.2, -0.15) is 5.10 Å². The van der Waals surface area contributed by atoms with E-state index in [4.69, 9.17) is 11.6 Å². The maximum Gasteiger partial charge on any atom is 0.331 e. The topological polar surface area (TPSA) is 80.1 Å². The third kappa shape index (κ3) is 4.14. The van der Waals surface area contributed by atoms with Crippen LogP contribution in [0.5, 0.6) is 0 Å². The smallest absolute Gasteiger partial charge is 0.331 e. The van der Waals surface area contributed by atoms with Gasteiger partial charge in [0, 0.05) is 11.6 Å². The van der Waals surface area contributed by atoms with Crippen molar-refractivity contribution in [1.82, 2.24) is 5.32 Å². The fraction of sp³-hybridized carbons (Fsp3) is 0.0769. The highest BCUT2D eigenvalue weighted by atomic mass is 35.5. The zero-order valence-corrected chi connectivity index (χ0v) is 13.0. The summed E-state index contributed by atoms with van der Waals surface area (Å²) in [5.74, 6) is -3.07. The quantitative estimate of drug-likeness (QED) is 0.295. The first-order valence-electron chi connectivity index (χ1n) is 5.95. The number of amidine groups is 1. The van der Waals surface area contributed by atoms with Crippen LogP contribution in [-0.2, 0) is 14.3 Å². The van der Waals surface area contributed by atoms with Crippen LogP contribution in [0.4, 0.5) is 8.78 Å². The Morgan fingerprint density at radius 3 is 2.87 bits per heavy atom. The van der Waals surface area contributed by atoms with E-state index in [1.807, 2.05) is 0 Å². The molecule has 2 rings (SSSR count). The van der Waals surface area contributed by atoms with E-state index in [2.05, 4.69) is 20.3 Å². The van der Waals surface area contributed by atoms with E-state index in [0.29, 0.717) is 0 Å². The molecule has 6 nitrogen and oxygen atoms in total. The van der Waals surface area contributed by atoms with Crippen LogP contribution in [0.2, 0.25) is 5.02 Å². The fourth-order valence-electron chi connectivity index (χ4n) is 1.43. The van der Waals surface area contributed by atoms with Crippen LogP contribution in [0.15, 0.2) is 33.3 Å². The number of methoxy groups -OCH3 is 1. The number of thioether (sulfide) groups is 1. The minimum absolute atomic E-state index is 0.0691.